The van der Waals surface area contributed by atoms with E-state index in [0.29, 0.717) is 10.7 Å². The van der Waals surface area contributed by atoms with Crippen LogP contribution in [0.5, 0.6) is 0 Å². The maximum atomic E-state index is 12.3. The van der Waals surface area contributed by atoms with Crippen molar-refractivity contribution >= 4 is 17.5 Å². The van der Waals surface area contributed by atoms with Crippen LogP contribution in [-0.4, -0.2) is 27.1 Å². The number of aliphatic hydroxyl groups is 1. The van der Waals surface area contributed by atoms with Gasteiger partial charge in [-0.05, 0) is 45.7 Å². The highest BCUT2D eigenvalue weighted by molar-refractivity contribution is 6.29. The zero-order valence-electron chi connectivity index (χ0n) is 12.9. The van der Waals surface area contributed by atoms with Crippen LogP contribution in [-0.2, 0) is 0 Å². The molecule has 0 aliphatic rings. The summed E-state index contributed by atoms with van der Waals surface area (Å²) in [6.45, 7) is 10.8. The van der Waals surface area contributed by atoms with Crippen molar-refractivity contribution < 1.29 is 9.90 Å². The summed E-state index contributed by atoms with van der Waals surface area (Å²) in [6, 6.07) is 3.26. The van der Waals surface area contributed by atoms with Crippen molar-refractivity contribution in [1.29, 1.82) is 0 Å². The smallest absolute Gasteiger partial charge is 0.251 e. The molecule has 0 radical (unpaired) electrons. The molecule has 0 bridgehead atoms. The molecule has 0 aliphatic carbocycles. The number of nitrogens with one attached hydrogen (secondary N) is 1. The average molecular weight is 299 g/mol. The summed E-state index contributed by atoms with van der Waals surface area (Å²) >= 11 is 5.96. The third kappa shape index (κ3) is 3.93. The van der Waals surface area contributed by atoms with Gasteiger partial charge in [-0.1, -0.05) is 25.4 Å². The summed E-state index contributed by atoms with van der Waals surface area (Å²) in [6.07, 6.45) is 0. The van der Waals surface area contributed by atoms with Crippen LogP contribution >= 0.6 is 11.6 Å². The zero-order valence-corrected chi connectivity index (χ0v) is 13.7. The molecule has 0 saturated carbocycles. The van der Waals surface area contributed by atoms with Gasteiger partial charge < -0.3 is 10.4 Å². The molecule has 4 nitrogen and oxygen atoms in total. The number of pyridine rings is 1. The first-order chi connectivity index (χ1) is 8.94. The maximum Gasteiger partial charge on any atom is 0.251 e. The standard InChI is InChI=1S/C15H23ClN2O2/c1-9(2)11-7-10(8-12(16)17-11)13(19)18-14(3,4)15(5,6)20/h7-9,20H,1-6H3,(H,18,19). The fourth-order valence-corrected chi connectivity index (χ4v) is 1.67. The molecular weight excluding hydrogens is 276 g/mol. The molecule has 1 heterocycles. The highest BCUT2D eigenvalue weighted by Crippen LogP contribution is 2.22. The molecule has 0 aromatic carbocycles. The predicted octanol–water partition coefficient (Wildman–Crippen LogP) is 3.14. The first-order valence-corrected chi connectivity index (χ1v) is 7.04. The summed E-state index contributed by atoms with van der Waals surface area (Å²) < 4.78 is 0. The maximum absolute atomic E-state index is 12.3. The summed E-state index contributed by atoms with van der Waals surface area (Å²) in [4.78, 5) is 16.5. The highest BCUT2D eigenvalue weighted by atomic mass is 35.5. The first kappa shape index (κ1) is 16.9. The lowest BCUT2D eigenvalue weighted by molar-refractivity contribution is -0.00293. The minimum absolute atomic E-state index is 0.183. The van der Waals surface area contributed by atoms with Gasteiger partial charge in [0.25, 0.3) is 5.91 Å². The molecule has 5 heteroatoms. The molecule has 0 unspecified atom stereocenters. The average Bonchev–Trinajstić information content (AvgIpc) is 2.25. The minimum Gasteiger partial charge on any atom is -0.388 e. The molecule has 1 amide bonds. The van der Waals surface area contributed by atoms with Gasteiger partial charge in [-0.2, -0.15) is 0 Å². The Kier molecular flexibility index (Phi) is 4.82. The van der Waals surface area contributed by atoms with Gasteiger partial charge in [0.05, 0.1) is 11.1 Å². The lowest BCUT2D eigenvalue weighted by atomic mass is 9.85. The van der Waals surface area contributed by atoms with E-state index in [1.54, 1.807) is 33.8 Å². The van der Waals surface area contributed by atoms with Crippen LogP contribution < -0.4 is 5.32 Å². The van der Waals surface area contributed by atoms with Crippen LogP contribution in [0.25, 0.3) is 0 Å². The number of hydrogen-bond donors (Lipinski definition) is 2. The first-order valence-electron chi connectivity index (χ1n) is 6.66. The Labute approximate surface area is 125 Å². The topological polar surface area (TPSA) is 62.2 Å². The number of carbonyl (C=O) groups excluding carboxylic acids is 1. The molecule has 0 saturated heterocycles. The lowest BCUT2D eigenvalue weighted by Crippen LogP contribution is -2.57. The van der Waals surface area contributed by atoms with Gasteiger partial charge in [0, 0.05) is 11.3 Å². The van der Waals surface area contributed by atoms with E-state index < -0.39 is 11.1 Å². The normalized spacial score (nSPS) is 12.7. The quantitative estimate of drug-likeness (QED) is 0.840. The molecular formula is C15H23ClN2O2. The highest BCUT2D eigenvalue weighted by Gasteiger charge is 2.36. The van der Waals surface area contributed by atoms with Crippen LogP contribution in [0.3, 0.4) is 0 Å². The summed E-state index contributed by atoms with van der Waals surface area (Å²) in [5.41, 5.74) is -0.590. The van der Waals surface area contributed by atoms with Gasteiger partial charge in [-0.15, -0.1) is 0 Å². The summed E-state index contributed by atoms with van der Waals surface area (Å²) in [5, 5.41) is 13.2. The third-order valence-electron chi connectivity index (χ3n) is 3.62. The Hall–Kier alpha value is -1.13. The fraction of sp³-hybridized carbons (Fsp3) is 0.600. The molecule has 1 aromatic heterocycles. The van der Waals surface area contributed by atoms with Gasteiger partial charge in [0.15, 0.2) is 0 Å². The number of halogens is 1. The van der Waals surface area contributed by atoms with Crippen LogP contribution in [0, 0.1) is 0 Å². The van der Waals surface area contributed by atoms with Gasteiger partial charge in [-0.3, -0.25) is 4.79 Å². The van der Waals surface area contributed by atoms with Crippen molar-refractivity contribution in [2.75, 3.05) is 0 Å². The minimum atomic E-state index is -1.04. The number of hydrogen-bond acceptors (Lipinski definition) is 3. The number of aromatic nitrogens is 1. The predicted molar refractivity (Wildman–Crippen MR) is 81.2 cm³/mol. The number of rotatable bonds is 4. The van der Waals surface area contributed by atoms with Crippen LogP contribution in [0.2, 0.25) is 5.15 Å². The van der Waals surface area contributed by atoms with Crippen molar-refractivity contribution in [3.8, 4) is 0 Å². The van der Waals surface area contributed by atoms with Crippen molar-refractivity contribution in [2.45, 2.75) is 58.6 Å². The Balaban J connectivity index is 3.05. The van der Waals surface area contributed by atoms with Gasteiger partial charge in [0.2, 0.25) is 0 Å². The monoisotopic (exact) mass is 298 g/mol. The summed E-state index contributed by atoms with van der Waals surface area (Å²) in [7, 11) is 0. The largest absolute Gasteiger partial charge is 0.388 e. The van der Waals surface area contributed by atoms with E-state index in [4.69, 9.17) is 11.6 Å². The lowest BCUT2D eigenvalue weighted by Gasteiger charge is -2.38. The Morgan fingerprint density at radius 3 is 2.30 bits per heavy atom. The molecule has 0 fully saturated rings. The van der Waals surface area contributed by atoms with E-state index >= 15 is 0 Å². The van der Waals surface area contributed by atoms with Crippen molar-refractivity contribution in [3.05, 3.63) is 28.5 Å². The molecule has 112 valence electrons. The molecule has 20 heavy (non-hydrogen) atoms. The van der Waals surface area contributed by atoms with E-state index in [1.807, 2.05) is 13.8 Å². The van der Waals surface area contributed by atoms with Crippen molar-refractivity contribution in [2.24, 2.45) is 0 Å². The van der Waals surface area contributed by atoms with Crippen molar-refractivity contribution in [1.82, 2.24) is 10.3 Å². The molecule has 0 aliphatic heterocycles. The Morgan fingerprint density at radius 1 is 1.30 bits per heavy atom. The Bertz CT molecular complexity index is 505. The molecule has 2 N–H and O–H groups in total. The molecule has 0 spiro atoms. The van der Waals surface area contributed by atoms with Crippen LogP contribution in [0.1, 0.15) is 63.5 Å². The van der Waals surface area contributed by atoms with Crippen LogP contribution in [0.15, 0.2) is 12.1 Å². The number of amides is 1. The van der Waals surface area contributed by atoms with Gasteiger partial charge >= 0.3 is 0 Å². The fourth-order valence-electron chi connectivity index (χ4n) is 1.45. The van der Waals surface area contributed by atoms with Gasteiger partial charge in [-0.25, -0.2) is 4.98 Å². The van der Waals surface area contributed by atoms with Crippen molar-refractivity contribution in [3.63, 3.8) is 0 Å². The number of nitrogens with zero attached hydrogens (tertiary/aromatic N) is 1. The Morgan fingerprint density at radius 2 is 1.85 bits per heavy atom. The van der Waals surface area contributed by atoms with E-state index in [1.165, 1.54) is 6.07 Å². The third-order valence-corrected chi connectivity index (χ3v) is 3.82. The summed E-state index contributed by atoms with van der Waals surface area (Å²) in [5.74, 6) is -0.0918. The molecule has 1 aromatic rings. The SMILES string of the molecule is CC(C)c1cc(C(=O)NC(C)(C)C(C)(C)O)cc(Cl)n1. The zero-order chi connectivity index (χ0) is 15.7. The molecule has 0 atom stereocenters. The second kappa shape index (κ2) is 5.70. The van der Waals surface area contributed by atoms with E-state index in [-0.39, 0.29) is 11.8 Å². The van der Waals surface area contributed by atoms with Gasteiger partial charge in [0.1, 0.15) is 5.15 Å². The van der Waals surface area contributed by atoms with E-state index in [2.05, 4.69) is 10.3 Å². The van der Waals surface area contributed by atoms with E-state index in [9.17, 15) is 9.90 Å². The second-order valence-corrected chi connectivity index (χ2v) is 6.78. The number of carbonyl (C=O) groups is 1. The van der Waals surface area contributed by atoms with E-state index in [0.717, 1.165) is 5.69 Å². The second-order valence-electron chi connectivity index (χ2n) is 6.40. The molecule has 1 rings (SSSR count). The van der Waals surface area contributed by atoms with Crippen LogP contribution in [0.4, 0.5) is 0 Å².